The van der Waals surface area contributed by atoms with Crippen LogP contribution in [0.5, 0.6) is 0 Å². The Morgan fingerprint density at radius 2 is 1.89 bits per heavy atom. The molecule has 1 aromatic carbocycles. The molecule has 2 unspecified atom stereocenters. The Hall–Kier alpha value is -3.09. The number of aromatic nitrogens is 1. The van der Waals surface area contributed by atoms with Crippen molar-refractivity contribution in [3.05, 3.63) is 59.4 Å². The van der Waals surface area contributed by atoms with E-state index in [0.717, 1.165) is 16.2 Å². The SMILES string of the molecule is Cc1ccc(C2(C)NC(=O)N(CC(=O)N3CCn4cccc4C3C)C2=O)cc1. The quantitative estimate of drug-likeness (QED) is 0.830. The number of hydrogen-bond donors (Lipinski definition) is 1. The molecule has 4 amide bonds. The number of rotatable bonds is 3. The van der Waals surface area contributed by atoms with Crippen LogP contribution in [0.2, 0.25) is 0 Å². The summed E-state index contributed by atoms with van der Waals surface area (Å²) in [4.78, 5) is 41.3. The van der Waals surface area contributed by atoms with Gasteiger partial charge in [-0.1, -0.05) is 29.8 Å². The lowest BCUT2D eigenvalue weighted by Gasteiger charge is -2.35. The first-order valence-corrected chi connectivity index (χ1v) is 9.47. The maximum atomic E-state index is 13.0. The molecule has 2 aliphatic rings. The van der Waals surface area contributed by atoms with Gasteiger partial charge in [-0.15, -0.1) is 0 Å². The molecule has 2 aromatic rings. The normalized spacial score (nSPS) is 24.3. The zero-order valence-electron chi connectivity index (χ0n) is 16.3. The predicted octanol–water partition coefficient (Wildman–Crippen LogP) is 2.17. The summed E-state index contributed by atoms with van der Waals surface area (Å²) in [6, 6.07) is 10.8. The second kappa shape index (κ2) is 6.51. The predicted molar refractivity (Wildman–Crippen MR) is 103 cm³/mol. The van der Waals surface area contributed by atoms with Crippen LogP contribution in [0.1, 0.15) is 36.7 Å². The Morgan fingerprint density at radius 1 is 1.18 bits per heavy atom. The van der Waals surface area contributed by atoms with Crippen molar-refractivity contribution in [2.24, 2.45) is 0 Å². The van der Waals surface area contributed by atoms with E-state index in [1.165, 1.54) is 0 Å². The van der Waals surface area contributed by atoms with Gasteiger partial charge < -0.3 is 14.8 Å². The lowest BCUT2D eigenvalue weighted by atomic mass is 9.91. The molecule has 0 aliphatic carbocycles. The molecule has 7 nitrogen and oxygen atoms in total. The number of aryl methyl sites for hydroxylation is 1. The van der Waals surface area contributed by atoms with Gasteiger partial charge in [0.1, 0.15) is 12.1 Å². The monoisotopic (exact) mass is 380 g/mol. The summed E-state index contributed by atoms with van der Waals surface area (Å²) in [5.41, 5.74) is 1.67. The smallest absolute Gasteiger partial charge is 0.325 e. The lowest BCUT2D eigenvalue weighted by molar-refractivity contribution is -0.140. The second-order valence-electron chi connectivity index (χ2n) is 7.70. The van der Waals surface area contributed by atoms with E-state index in [-0.39, 0.29) is 18.5 Å². The number of hydrogen-bond acceptors (Lipinski definition) is 3. The molecule has 146 valence electrons. The number of amides is 4. The molecule has 1 aromatic heterocycles. The molecule has 28 heavy (non-hydrogen) atoms. The fraction of sp³-hybridized carbons (Fsp3) is 0.381. The summed E-state index contributed by atoms with van der Waals surface area (Å²) in [6.07, 6.45) is 2.00. The third-order valence-electron chi connectivity index (χ3n) is 5.86. The number of fused-ring (bicyclic) bond motifs is 1. The number of carbonyl (C=O) groups is 3. The highest BCUT2D eigenvalue weighted by molar-refractivity contribution is 6.09. The van der Waals surface area contributed by atoms with Crippen LogP contribution in [-0.2, 0) is 21.7 Å². The van der Waals surface area contributed by atoms with E-state index < -0.39 is 17.5 Å². The molecule has 1 saturated heterocycles. The van der Waals surface area contributed by atoms with Gasteiger partial charge in [0.05, 0.1) is 6.04 Å². The average molecular weight is 380 g/mol. The van der Waals surface area contributed by atoms with Crippen molar-refractivity contribution >= 4 is 17.8 Å². The lowest BCUT2D eigenvalue weighted by Crippen LogP contribution is -2.47. The molecule has 0 bridgehead atoms. The number of carbonyl (C=O) groups excluding carboxylic acids is 3. The summed E-state index contributed by atoms with van der Waals surface area (Å²) in [5.74, 6) is -0.626. The van der Waals surface area contributed by atoms with Gasteiger partial charge in [0.15, 0.2) is 0 Å². The number of benzene rings is 1. The first kappa shape index (κ1) is 18.3. The van der Waals surface area contributed by atoms with Crippen LogP contribution < -0.4 is 5.32 Å². The molecule has 1 fully saturated rings. The molecule has 0 spiro atoms. The Morgan fingerprint density at radius 3 is 2.61 bits per heavy atom. The van der Waals surface area contributed by atoms with Gasteiger partial charge in [-0.05, 0) is 38.5 Å². The van der Waals surface area contributed by atoms with Crippen molar-refractivity contribution in [2.45, 2.75) is 38.9 Å². The van der Waals surface area contributed by atoms with E-state index in [9.17, 15) is 14.4 Å². The minimum Gasteiger partial charge on any atom is -0.348 e. The molecule has 0 radical (unpaired) electrons. The molecule has 4 rings (SSSR count). The molecular weight excluding hydrogens is 356 g/mol. The minimum atomic E-state index is -1.16. The van der Waals surface area contributed by atoms with Crippen LogP contribution in [0.15, 0.2) is 42.6 Å². The molecule has 2 atom stereocenters. The summed E-state index contributed by atoms with van der Waals surface area (Å²) in [6.45, 7) is 6.61. The van der Waals surface area contributed by atoms with Crippen molar-refractivity contribution in [1.29, 1.82) is 0 Å². The maximum absolute atomic E-state index is 13.0. The zero-order valence-corrected chi connectivity index (χ0v) is 16.3. The maximum Gasteiger partial charge on any atom is 0.325 e. The van der Waals surface area contributed by atoms with Crippen LogP contribution >= 0.6 is 0 Å². The van der Waals surface area contributed by atoms with Crippen molar-refractivity contribution < 1.29 is 14.4 Å². The average Bonchev–Trinajstić information content (AvgIpc) is 3.22. The van der Waals surface area contributed by atoms with Crippen molar-refractivity contribution in [2.75, 3.05) is 13.1 Å². The molecular formula is C21H24N4O3. The molecule has 1 N–H and O–H groups in total. The van der Waals surface area contributed by atoms with E-state index in [4.69, 9.17) is 0 Å². The molecule has 2 aliphatic heterocycles. The first-order chi connectivity index (χ1) is 13.3. The molecule has 3 heterocycles. The summed E-state index contributed by atoms with van der Waals surface area (Å²) < 4.78 is 2.12. The summed E-state index contributed by atoms with van der Waals surface area (Å²) >= 11 is 0. The van der Waals surface area contributed by atoms with Gasteiger partial charge in [0, 0.05) is 25.0 Å². The van der Waals surface area contributed by atoms with Crippen LogP contribution in [0.3, 0.4) is 0 Å². The molecule has 0 saturated carbocycles. The second-order valence-corrected chi connectivity index (χ2v) is 7.70. The topological polar surface area (TPSA) is 74.7 Å². The highest BCUT2D eigenvalue weighted by Gasteiger charge is 2.49. The number of imide groups is 1. The van der Waals surface area contributed by atoms with Crippen molar-refractivity contribution in [1.82, 2.24) is 19.7 Å². The first-order valence-electron chi connectivity index (χ1n) is 9.47. The van der Waals surface area contributed by atoms with E-state index in [0.29, 0.717) is 18.7 Å². The fourth-order valence-electron chi connectivity index (χ4n) is 4.07. The number of nitrogens with zero attached hydrogens (tertiary/aromatic N) is 3. The Labute approximate surface area is 163 Å². The summed E-state index contributed by atoms with van der Waals surface area (Å²) in [7, 11) is 0. The van der Waals surface area contributed by atoms with E-state index in [1.807, 2.05) is 56.4 Å². The van der Waals surface area contributed by atoms with Gasteiger partial charge in [-0.3, -0.25) is 14.5 Å². The van der Waals surface area contributed by atoms with Crippen LogP contribution in [-0.4, -0.2) is 45.3 Å². The van der Waals surface area contributed by atoms with E-state index in [2.05, 4.69) is 9.88 Å². The van der Waals surface area contributed by atoms with Crippen LogP contribution in [0.25, 0.3) is 0 Å². The van der Waals surface area contributed by atoms with Crippen LogP contribution in [0.4, 0.5) is 4.79 Å². The largest absolute Gasteiger partial charge is 0.348 e. The number of nitrogens with one attached hydrogen (secondary N) is 1. The van der Waals surface area contributed by atoms with Gasteiger partial charge in [0.2, 0.25) is 5.91 Å². The van der Waals surface area contributed by atoms with Crippen molar-refractivity contribution in [3.8, 4) is 0 Å². The minimum absolute atomic E-state index is 0.0968. The van der Waals surface area contributed by atoms with Gasteiger partial charge in [0.25, 0.3) is 5.91 Å². The van der Waals surface area contributed by atoms with E-state index in [1.54, 1.807) is 11.8 Å². The third kappa shape index (κ3) is 2.78. The Balaban J connectivity index is 1.52. The van der Waals surface area contributed by atoms with Gasteiger partial charge in [-0.2, -0.15) is 0 Å². The molecule has 7 heteroatoms. The Bertz CT molecular complexity index is 949. The Kier molecular flexibility index (Phi) is 4.25. The number of urea groups is 1. The third-order valence-corrected chi connectivity index (χ3v) is 5.86. The van der Waals surface area contributed by atoms with Gasteiger partial charge >= 0.3 is 6.03 Å². The standard InChI is InChI=1S/C21H24N4O3/c1-14-6-8-16(9-7-14)21(3)19(27)25(20(28)22-21)13-18(26)24-12-11-23-10-4-5-17(23)15(24)2/h4-10,15H,11-13H2,1-3H3,(H,22,28). The zero-order chi connectivity index (χ0) is 20.1. The highest BCUT2D eigenvalue weighted by Crippen LogP contribution is 2.30. The highest BCUT2D eigenvalue weighted by atomic mass is 16.2. The van der Waals surface area contributed by atoms with E-state index >= 15 is 0 Å². The van der Waals surface area contributed by atoms with Crippen molar-refractivity contribution in [3.63, 3.8) is 0 Å². The fourth-order valence-corrected chi connectivity index (χ4v) is 4.07. The van der Waals surface area contributed by atoms with Gasteiger partial charge in [-0.25, -0.2) is 4.79 Å². The summed E-state index contributed by atoms with van der Waals surface area (Å²) in [5, 5.41) is 2.76. The van der Waals surface area contributed by atoms with Crippen LogP contribution in [0, 0.1) is 6.92 Å².